The van der Waals surface area contributed by atoms with Crippen LogP contribution in [0.2, 0.25) is 0 Å². The molecule has 5 aromatic rings. The second-order valence-corrected chi connectivity index (χ2v) is 10.0. The number of fused-ring (bicyclic) bond motifs is 2. The maximum Gasteiger partial charge on any atom is 0.305 e. The van der Waals surface area contributed by atoms with Crippen molar-refractivity contribution in [2.45, 2.75) is 23.4 Å². The summed E-state index contributed by atoms with van der Waals surface area (Å²) in [5.74, 6) is -0.175. The second-order valence-electron chi connectivity index (χ2n) is 7.60. The Balaban J connectivity index is 1.30. The number of aryl methyl sites for hydroxylation is 1. The molecule has 0 aliphatic heterocycles. The Morgan fingerprint density at radius 3 is 2.53 bits per heavy atom. The lowest BCUT2D eigenvalue weighted by molar-refractivity contribution is -0.121. The molecule has 0 radical (unpaired) electrons. The zero-order valence-electron chi connectivity index (χ0n) is 18.2. The molecule has 2 amide bonds. The van der Waals surface area contributed by atoms with E-state index in [0.717, 1.165) is 36.6 Å². The molecule has 2 heterocycles. The summed E-state index contributed by atoms with van der Waals surface area (Å²) in [5, 5.41) is 12.0. The Kier molecular flexibility index (Phi) is 6.29. The summed E-state index contributed by atoms with van der Waals surface area (Å²) in [5.41, 5.74) is 7.26. The Bertz CT molecular complexity index is 1500. The van der Waals surface area contributed by atoms with Crippen LogP contribution in [0, 0.1) is 6.92 Å². The van der Waals surface area contributed by atoms with Gasteiger partial charge in [0.05, 0.1) is 6.42 Å². The van der Waals surface area contributed by atoms with Crippen LogP contribution in [0.25, 0.3) is 21.7 Å². The molecule has 0 atom stereocenters. The maximum atomic E-state index is 13.0. The van der Waals surface area contributed by atoms with E-state index in [1.807, 2.05) is 73.7 Å². The van der Waals surface area contributed by atoms with Crippen LogP contribution in [0.3, 0.4) is 0 Å². The number of para-hydroxylation sites is 1. The van der Waals surface area contributed by atoms with Gasteiger partial charge < -0.3 is 4.42 Å². The highest BCUT2D eigenvalue weighted by Gasteiger charge is 2.21. The van der Waals surface area contributed by atoms with Gasteiger partial charge in [-0.3, -0.25) is 20.4 Å². The van der Waals surface area contributed by atoms with Gasteiger partial charge in [-0.1, -0.05) is 83.8 Å². The van der Waals surface area contributed by atoms with Crippen LogP contribution in [-0.2, 0) is 17.0 Å². The van der Waals surface area contributed by atoms with Crippen molar-refractivity contribution in [3.63, 3.8) is 0 Å². The van der Waals surface area contributed by atoms with Crippen molar-refractivity contribution in [3.05, 3.63) is 88.6 Å². The molecule has 170 valence electrons. The second kappa shape index (κ2) is 9.66. The third-order valence-corrected chi connectivity index (χ3v) is 7.30. The highest BCUT2D eigenvalue weighted by molar-refractivity contribution is 8.00. The standard InChI is InChI=1S/C25H20N4O3S2/c1-15-26-29-25(34-15)33-14-20-19-11-4-5-12-21(19)32-23(20)24(31)28-27-22(30)13-17-9-6-8-16-7-2-3-10-18(16)17/h2-12H,13-14H2,1H3,(H,27,30)(H,28,31). The van der Waals surface area contributed by atoms with Crippen molar-refractivity contribution < 1.29 is 14.0 Å². The minimum Gasteiger partial charge on any atom is -0.451 e. The number of nitrogens with one attached hydrogen (secondary N) is 2. The number of carbonyl (C=O) groups is 2. The number of benzene rings is 3. The van der Waals surface area contributed by atoms with Gasteiger partial charge in [0.1, 0.15) is 10.6 Å². The van der Waals surface area contributed by atoms with Crippen molar-refractivity contribution >= 4 is 56.7 Å². The zero-order chi connectivity index (χ0) is 23.5. The first kappa shape index (κ1) is 22.1. The van der Waals surface area contributed by atoms with E-state index in [2.05, 4.69) is 21.0 Å². The van der Waals surface area contributed by atoms with Crippen molar-refractivity contribution in [1.29, 1.82) is 0 Å². The van der Waals surface area contributed by atoms with Gasteiger partial charge in [-0.15, -0.1) is 10.2 Å². The molecular weight excluding hydrogens is 468 g/mol. The number of thioether (sulfide) groups is 1. The summed E-state index contributed by atoms with van der Waals surface area (Å²) in [4.78, 5) is 25.6. The molecule has 5 rings (SSSR count). The molecule has 0 saturated carbocycles. The Labute approximate surface area is 203 Å². The molecule has 9 heteroatoms. The molecule has 2 aromatic heterocycles. The summed E-state index contributed by atoms with van der Waals surface area (Å²) in [6, 6.07) is 21.2. The molecule has 0 aliphatic rings. The van der Waals surface area contributed by atoms with Crippen molar-refractivity contribution in [3.8, 4) is 0 Å². The summed E-state index contributed by atoms with van der Waals surface area (Å²) in [6.45, 7) is 1.90. The highest BCUT2D eigenvalue weighted by Crippen LogP contribution is 2.33. The fourth-order valence-corrected chi connectivity index (χ4v) is 5.59. The number of nitrogens with zero attached hydrogens (tertiary/aromatic N) is 2. The number of hydrogen-bond donors (Lipinski definition) is 2. The van der Waals surface area contributed by atoms with Gasteiger partial charge in [-0.2, -0.15) is 0 Å². The van der Waals surface area contributed by atoms with Gasteiger partial charge in [0.15, 0.2) is 10.1 Å². The van der Waals surface area contributed by atoms with Gasteiger partial charge in [0, 0.05) is 16.7 Å². The molecule has 7 nitrogen and oxygen atoms in total. The summed E-state index contributed by atoms with van der Waals surface area (Å²) < 4.78 is 6.67. The van der Waals surface area contributed by atoms with Crippen LogP contribution in [0.4, 0.5) is 0 Å². The third-order valence-electron chi connectivity index (χ3n) is 5.30. The predicted octanol–water partition coefficient (Wildman–Crippen LogP) is 5.04. The maximum absolute atomic E-state index is 13.0. The molecule has 0 unspecified atom stereocenters. The number of furan rings is 1. The summed E-state index contributed by atoms with van der Waals surface area (Å²) in [6.07, 6.45) is 0.140. The predicted molar refractivity (Wildman–Crippen MR) is 134 cm³/mol. The molecular formula is C25H20N4O3S2. The van der Waals surface area contributed by atoms with E-state index in [0.29, 0.717) is 11.3 Å². The molecule has 0 aliphatic carbocycles. The number of aromatic nitrogens is 2. The Morgan fingerprint density at radius 2 is 1.71 bits per heavy atom. The Morgan fingerprint density at radius 1 is 0.941 bits per heavy atom. The number of carbonyl (C=O) groups excluding carboxylic acids is 2. The lowest BCUT2D eigenvalue weighted by Crippen LogP contribution is -2.42. The van der Waals surface area contributed by atoms with Crippen molar-refractivity contribution in [1.82, 2.24) is 21.0 Å². The summed E-state index contributed by atoms with van der Waals surface area (Å²) in [7, 11) is 0. The normalized spacial score (nSPS) is 11.1. The zero-order valence-corrected chi connectivity index (χ0v) is 19.8. The van der Waals surface area contributed by atoms with Gasteiger partial charge in [0.2, 0.25) is 5.91 Å². The van der Waals surface area contributed by atoms with Gasteiger partial charge >= 0.3 is 5.91 Å². The van der Waals surface area contributed by atoms with E-state index in [9.17, 15) is 9.59 Å². The smallest absolute Gasteiger partial charge is 0.305 e. The molecule has 34 heavy (non-hydrogen) atoms. The SMILES string of the molecule is Cc1nnc(SCc2c(C(=O)NNC(=O)Cc3cccc4ccccc34)oc3ccccc23)s1. The van der Waals surface area contributed by atoms with Crippen molar-refractivity contribution in [2.75, 3.05) is 0 Å². The first-order valence-electron chi connectivity index (χ1n) is 10.6. The molecule has 0 saturated heterocycles. The van der Waals surface area contributed by atoms with Crippen LogP contribution in [-0.4, -0.2) is 22.0 Å². The van der Waals surface area contributed by atoms with E-state index in [1.54, 1.807) is 0 Å². The van der Waals surface area contributed by atoms with Crippen LogP contribution in [0.5, 0.6) is 0 Å². The molecule has 0 spiro atoms. The quantitative estimate of drug-likeness (QED) is 0.257. The number of hydrazine groups is 1. The highest BCUT2D eigenvalue weighted by atomic mass is 32.2. The lowest BCUT2D eigenvalue weighted by Gasteiger charge is -2.09. The average Bonchev–Trinajstić information content (AvgIpc) is 3.44. The summed E-state index contributed by atoms with van der Waals surface area (Å²) >= 11 is 2.99. The Hall–Kier alpha value is -3.69. The minimum atomic E-state index is -0.508. The first-order valence-corrected chi connectivity index (χ1v) is 12.4. The van der Waals surface area contributed by atoms with Gasteiger partial charge in [0.25, 0.3) is 0 Å². The monoisotopic (exact) mass is 488 g/mol. The molecule has 0 bridgehead atoms. The van der Waals surface area contributed by atoms with E-state index in [-0.39, 0.29) is 18.1 Å². The number of rotatable bonds is 6. The average molecular weight is 489 g/mol. The van der Waals surface area contributed by atoms with Crippen LogP contribution < -0.4 is 10.9 Å². The van der Waals surface area contributed by atoms with Gasteiger partial charge in [-0.25, -0.2) is 0 Å². The van der Waals surface area contributed by atoms with E-state index >= 15 is 0 Å². The van der Waals surface area contributed by atoms with Crippen molar-refractivity contribution in [2.24, 2.45) is 0 Å². The fraction of sp³-hybridized carbons (Fsp3) is 0.120. The first-order chi connectivity index (χ1) is 16.6. The van der Waals surface area contributed by atoms with E-state index in [4.69, 9.17) is 4.42 Å². The molecule has 2 N–H and O–H groups in total. The lowest BCUT2D eigenvalue weighted by atomic mass is 10.0. The van der Waals surface area contributed by atoms with Crippen LogP contribution in [0.15, 0.2) is 75.5 Å². The number of hydrogen-bond acceptors (Lipinski definition) is 7. The topological polar surface area (TPSA) is 97.1 Å². The minimum absolute atomic E-state index is 0.140. The third kappa shape index (κ3) is 4.66. The largest absolute Gasteiger partial charge is 0.451 e. The molecule has 0 fully saturated rings. The molecule has 3 aromatic carbocycles. The fourth-order valence-electron chi connectivity index (χ4n) is 3.74. The van der Waals surface area contributed by atoms with Crippen LogP contribution in [0.1, 0.15) is 26.7 Å². The van der Waals surface area contributed by atoms with Gasteiger partial charge in [-0.05, 0) is 29.3 Å². The van der Waals surface area contributed by atoms with E-state index in [1.165, 1.54) is 23.1 Å². The van der Waals surface area contributed by atoms with E-state index < -0.39 is 5.91 Å². The number of amides is 2. The van der Waals surface area contributed by atoms with Crippen LogP contribution >= 0.6 is 23.1 Å².